The lowest BCUT2D eigenvalue weighted by Gasteiger charge is -2.34. The molecular weight excluding hydrogens is 260 g/mol. The summed E-state index contributed by atoms with van der Waals surface area (Å²) in [4.78, 5) is 11.6. The van der Waals surface area contributed by atoms with Crippen molar-refractivity contribution < 1.29 is 19.0 Å². The molecule has 19 heavy (non-hydrogen) atoms. The van der Waals surface area contributed by atoms with E-state index in [1.165, 1.54) is 0 Å². The fourth-order valence-electron chi connectivity index (χ4n) is 1.90. The molecule has 0 saturated heterocycles. The van der Waals surface area contributed by atoms with E-state index in [1.807, 2.05) is 27.7 Å². The summed E-state index contributed by atoms with van der Waals surface area (Å²) in [6, 6.07) is 0. The van der Waals surface area contributed by atoms with Gasteiger partial charge in [-0.1, -0.05) is 20.4 Å². The van der Waals surface area contributed by atoms with Crippen molar-refractivity contribution >= 4 is 15.5 Å². The maximum Gasteiger partial charge on any atom is 0.333 e. The van der Waals surface area contributed by atoms with Gasteiger partial charge in [0.1, 0.15) is 14.9 Å². The van der Waals surface area contributed by atoms with Crippen molar-refractivity contribution in [1.82, 2.24) is 0 Å². The van der Waals surface area contributed by atoms with E-state index >= 15 is 0 Å². The fraction of sp³-hybridized carbons (Fsp3) is 0.786. The van der Waals surface area contributed by atoms with Gasteiger partial charge in [0.2, 0.25) is 0 Å². The highest BCUT2D eigenvalue weighted by atomic mass is 28.2. The van der Waals surface area contributed by atoms with E-state index in [-0.39, 0.29) is 11.7 Å². The zero-order chi connectivity index (χ0) is 14.9. The van der Waals surface area contributed by atoms with Crippen molar-refractivity contribution in [2.24, 2.45) is 0 Å². The van der Waals surface area contributed by atoms with Crippen LogP contribution in [0, 0.1) is 0 Å². The van der Waals surface area contributed by atoms with Crippen molar-refractivity contribution in [3.63, 3.8) is 0 Å². The van der Waals surface area contributed by atoms with Crippen LogP contribution >= 0.6 is 0 Å². The molecule has 0 aromatic carbocycles. The van der Waals surface area contributed by atoms with Crippen molar-refractivity contribution in [3.8, 4) is 0 Å². The van der Waals surface area contributed by atoms with Crippen molar-refractivity contribution in [2.45, 2.75) is 58.6 Å². The molecule has 0 rings (SSSR count). The highest BCUT2D eigenvalue weighted by molar-refractivity contribution is 6.41. The molecule has 0 aliphatic carbocycles. The van der Waals surface area contributed by atoms with Crippen LogP contribution in [0.5, 0.6) is 0 Å². The number of ether oxygens (including phenoxy) is 3. The van der Waals surface area contributed by atoms with Crippen LogP contribution in [0.1, 0.15) is 47.5 Å². The summed E-state index contributed by atoms with van der Waals surface area (Å²) >= 11 is 0. The van der Waals surface area contributed by atoms with Crippen LogP contribution in [-0.2, 0) is 19.0 Å². The third-order valence-corrected chi connectivity index (χ3v) is 5.70. The smallest absolute Gasteiger partial charge is 0.333 e. The predicted molar refractivity (Wildman–Crippen MR) is 79.8 cm³/mol. The Balaban J connectivity index is 4.76. The Bertz CT molecular complexity index is 285. The first-order chi connectivity index (χ1) is 8.94. The molecule has 0 aliphatic heterocycles. The molecule has 5 heteroatoms. The molecule has 0 bridgehead atoms. The Labute approximate surface area is 119 Å². The number of hydrogen-bond donors (Lipinski definition) is 0. The van der Waals surface area contributed by atoms with Gasteiger partial charge in [-0.3, -0.25) is 0 Å². The third kappa shape index (κ3) is 6.36. The molecule has 0 fully saturated rings. The molecule has 4 nitrogen and oxygen atoms in total. The molecule has 0 saturated carbocycles. The van der Waals surface area contributed by atoms with Crippen LogP contribution in [0.15, 0.2) is 12.2 Å². The first kappa shape index (κ1) is 18.3. The predicted octanol–water partition coefficient (Wildman–Crippen LogP) is 2.15. The standard InChI is InChI=1S/C14H28O4Si/c1-7-12(18-13(15)11(5)6)19-14(8-2,16-9-3)17-10-4/h12H,5,7-10,19H2,1-4,6H3. The average molecular weight is 288 g/mol. The molecule has 0 amide bonds. The van der Waals surface area contributed by atoms with E-state index in [2.05, 4.69) is 6.58 Å². The van der Waals surface area contributed by atoms with E-state index in [1.54, 1.807) is 6.92 Å². The highest BCUT2D eigenvalue weighted by Gasteiger charge is 2.34. The molecule has 0 aromatic heterocycles. The lowest BCUT2D eigenvalue weighted by molar-refractivity contribution is -0.180. The number of rotatable bonds is 10. The van der Waals surface area contributed by atoms with Crippen LogP contribution in [0.25, 0.3) is 0 Å². The van der Waals surface area contributed by atoms with Gasteiger partial charge >= 0.3 is 5.97 Å². The van der Waals surface area contributed by atoms with E-state index in [4.69, 9.17) is 14.2 Å². The summed E-state index contributed by atoms with van der Waals surface area (Å²) in [6.45, 7) is 14.5. The lowest BCUT2D eigenvalue weighted by Crippen LogP contribution is -2.48. The number of carbonyl (C=O) groups excluding carboxylic acids is 1. The normalized spacial score (nSPS) is 13.7. The van der Waals surface area contributed by atoms with E-state index in [9.17, 15) is 4.79 Å². The van der Waals surface area contributed by atoms with Gasteiger partial charge in [-0.05, 0) is 33.6 Å². The summed E-state index contributed by atoms with van der Waals surface area (Å²) in [5.41, 5.74) is -0.177. The van der Waals surface area contributed by atoms with E-state index in [0.717, 1.165) is 12.8 Å². The van der Waals surface area contributed by atoms with Crippen LogP contribution in [0.2, 0.25) is 0 Å². The van der Waals surface area contributed by atoms with Crippen LogP contribution in [-0.4, -0.2) is 39.8 Å². The monoisotopic (exact) mass is 288 g/mol. The van der Waals surface area contributed by atoms with Gasteiger partial charge in [-0.15, -0.1) is 0 Å². The summed E-state index contributed by atoms with van der Waals surface area (Å²) < 4.78 is 17.1. The van der Waals surface area contributed by atoms with Crippen molar-refractivity contribution in [1.29, 1.82) is 0 Å². The van der Waals surface area contributed by atoms with Crippen LogP contribution < -0.4 is 0 Å². The second kappa shape index (κ2) is 9.28. The van der Waals surface area contributed by atoms with Gasteiger partial charge < -0.3 is 14.2 Å². The van der Waals surface area contributed by atoms with Gasteiger partial charge in [-0.2, -0.15) is 0 Å². The minimum Gasteiger partial charge on any atom is -0.463 e. The lowest BCUT2D eigenvalue weighted by atomic mass is 10.4. The highest BCUT2D eigenvalue weighted by Crippen LogP contribution is 2.20. The Morgan fingerprint density at radius 3 is 2.05 bits per heavy atom. The van der Waals surface area contributed by atoms with Gasteiger partial charge in [0.15, 0.2) is 0 Å². The maximum absolute atomic E-state index is 11.6. The first-order valence-electron chi connectivity index (χ1n) is 7.09. The van der Waals surface area contributed by atoms with E-state index < -0.39 is 14.9 Å². The maximum atomic E-state index is 11.6. The van der Waals surface area contributed by atoms with Gasteiger partial charge in [0.25, 0.3) is 0 Å². The minimum atomic E-state index is -0.893. The number of hydrogen-bond acceptors (Lipinski definition) is 4. The first-order valence-corrected chi connectivity index (χ1v) is 8.61. The van der Waals surface area contributed by atoms with Gasteiger partial charge in [-0.25, -0.2) is 4.79 Å². The molecule has 0 heterocycles. The van der Waals surface area contributed by atoms with Gasteiger partial charge in [0.05, 0.1) is 5.73 Å². The second-order valence-electron chi connectivity index (χ2n) is 4.55. The molecule has 1 unspecified atom stereocenters. The summed E-state index contributed by atoms with van der Waals surface area (Å²) in [5, 5.41) is 0. The van der Waals surface area contributed by atoms with Crippen molar-refractivity contribution in [3.05, 3.63) is 12.2 Å². The molecular formula is C14H28O4Si. The molecule has 112 valence electrons. The zero-order valence-electron chi connectivity index (χ0n) is 13.0. The fourth-order valence-corrected chi connectivity index (χ4v) is 4.05. The minimum absolute atomic E-state index is 0.0813. The van der Waals surface area contributed by atoms with Crippen molar-refractivity contribution in [2.75, 3.05) is 13.2 Å². The van der Waals surface area contributed by atoms with Crippen LogP contribution in [0.4, 0.5) is 0 Å². The summed E-state index contributed by atoms with van der Waals surface area (Å²) in [5.74, 6) is -0.322. The molecule has 0 spiro atoms. The Morgan fingerprint density at radius 2 is 1.74 bits per heavy atom. The Kier molecular flexibility index (Phi) is 8.96. The summed E-state index contributed by atoms with van der Waals surface area (Å²) in [6.07, 6.45) is 1.56. The molecule has 0 N–H and O–H groups in total. The molecule has 0 radical (unpaired) electrons. The number of esters is 1. The average Bonchev–Trinajstić information content (AvgIpc) is 2.38. The third-order valence-electron chi connectivity index (χ3n) is 2.97. The molecule has 0 aromatic rings. The molecule has 1 atom stereocenters. The number of carbonyl (C=O) groups is 1. The quantitative estimate of drug-likeness (QED) is 0.267. The zero-order valence-corrected chi connectivity index (χ0v) is 14.4. The van der Waals surface area contributed by atoms with Gasteiger partial charge in [0, 0.05) is 18.8 Å². The Hall–Kier alpha value is -0.653. The second-order valence-corrected chi connectivity index (χ2v) is 6.95. The largest absolute Gasteiger partial charge is 0.463 e. The van der Waals surface area contributed by atoms with Crippen LogP contribution in [0.3, 0.4) is 0 Å². The van der Waals surface area contributed by atoms with E-state index in [0.29, 0.717) is 18.8 Å². The SMILES string of the molecule is C=C(C)C(=O)OC(CC)[SiH2]C(CC)(OCC)OCC. The molecule has 0 aliphatic rings. The topological polar surface area (TPSA) is 44.8 Å². The Morgan fingerprint density at radius 1 is 1.21 bits per heavy atom. The summed E-state index contributed by atoms with van der Waals surface area (Å²) in [7, 11) is -0.893.